The van der Waals surface area contributed by atoms with Gasteiger partial charge in [0.2, 0.25) is 0 Å². The van der Waals surface area contributed by atoms with Crippen molar-refractivity contribution >= 4 is 27.3 Å². The van der Waals surface area contributed by atoms with Gasteiger partial charge >= 0.3 is 0 Å². The fraction of sp³-hybridized carbons (Fsp3) is 0.400. The highest BCUT2D eigenvalue weighted by Crippen LogP contribution is 2.21. The molecule has 1 aromatic heterocycles. The molecule has 0 aliphatic heterocycles. The van der Waals surface area contributed by atoms with Crippen LogP contribution in [0.25, 0.3) is 0 Å². The van der Waals surface area contributed by atoms with Crippen molar-refractivity contribution in [1.29, 1.82) is 0 Å². The van der Waals surface area contributed by atoms with Gasteiger partial charge in [0.1, 0.15) is 0 Å². The van der Waals surface area contributed by atoms with Gasteiger partial charge in [0.05, 0.1) is 10.9 Å². The first-order valence-electron chi connectivity index (χ1n) is 4.24. The summed E-state index contributed by atoms with van der Waals surface area (Å²) in [5.41, 5.74) is 5.77. The van der Waals surface area contributed by atoms with Crippen molar-refractivity contribution in [2.75, 3.05) is 0 Å². The minimum Gasteiger partial charge on any atom is -0.318 e. The molecule has 0 aliphatic rings. The minimum atomic E-state index is 0.0130. The lowest BCUT2D eigenvalue weighted by Crippen LogP contribution is -2.16. The van der Waals surface area contributed by atoms with Crippen LogP contribution in [0.15, 0.2) is 15.9 Å². The van der Waals surface area contributed by atoms with Crippen LogP contribution in [-0.4, -0.2) is 6.04 Å². The standard InChI is InChI=1S/C10H12BrNS/c1-2-3-8(12)4-5-10-9(11)6-7-13-10/h6-8H,2-3,12H2,1H3. The second kappa shape index (κ2) is 5.43. The molecule has 0 bridgehead atoms. The van der Waals surface area contributed by atoms with Crippen molar-refractivity contribution < 1.29 is 0 Å². The van der Waals surface area contributed by atoms with E-state index < -0.39 is 0 Å². The van der Waals surface area contributed by atoms with Crippen LogP contribution in [-0.2, 0) is 0 Å². The number of hydrogen-bond donors (Lipinski definition) is 1. The number of halogens is 1. The van der Waals surface area contributed by atoms with Gasteiger partial charge in [-0.15, -0.1) is 11.3 Å². The molecule has 13 heavy (non-hydrogen) atoms. The van der Waals surface area contributed by atoms with Crippen molar-refractivity contribution in [3.8, 4) is 11.8 Å². The fourth-order valence-electron chi connectivity index (χ4n) is 0.924. The minimum absolute atomic E-state index is 0.0130. The van der Waals surface area contributed by atoms with Crippen LogP contribution in [0.1, 0.15) is 24.6 Å². The van der Waals surface area contributed by atoms with E-state index >= 15 is 0 Å². The Morgan fingerprint density at radius 2 is 2.46 bits per heavy atom. The van der Waals surface area contributed by atoms with E-state index in [1.165, 1.54) is 0 Å². The Kier molecular flexibility index (Phi) is 4.51. The third-order valence-corrected chi connectivity index (χ3v) is 3.34. The second-order valence-electron chi connectivity index (χ2n) is 2.76. The maximum atomic E-state index is 5.77. The van der Waals surface area contributed by atoms with Gasteiger partial charge in [0.15, 0.2) is 0 Å². The van der Waals surface area contributed by atoms with Crippen molar-refractivity contribution in [3.05, 3.63) is 20.8 Å². The smallest absolute Gasteiger partial charge is 0.0910 e. The summed E-state index contributed by atoms with van der Waals surface area (Å²) in [4.78, 5) is 1.06. The Morgan fingerprint density at radius 3 is 3.00 bits per heavy atom. The molecule has 0 amide bonds. The topological polar surface area (TPSA) is 26.0 Å². The predicted octanol–water partition coefficient (Wildman–Crippen LogP) is 2.99. The molecule has 0 radical (unpaired) electrons. The molecule has 0 fully saturated rings. The normalized spacial score (nSPS) is 11.9. The average Bonchev–Trinajstić information content (AvgIpc) is 2.48. The SMILES string of the molecule is CCCC(N)C#Cc1sccc1Br. The lowest BCUT2D eigenvalue weighted by atomic mass is 10.2. The Bertz CT molecular complexity index is 321. The highest BCUT2D eigenvalue weighted by atomic mass is 79.9. The Hall–Kier alpha value is -0.300. The Balaban J connectivity index is 2.62. The molecule has 1 heterocycles. The van der Waals surface area contributed by atoms with Gasteiger partial charge in [-0.25, -0.2) is 0 Å². The molecule has 3 heteroatoms. The number of thiophene rings is 1. The maximum absolute atomic E-state index is 5.77. The summed E-state index contributed by atoms with van der Waals surface area (Å²) in [6.07, 6.45) is 2.05. The molecule has 1 atom stereocenters. The molecule has 2 N–H and O–H groups in total. The zero-order valence-corrected chi connectivity index (χ0v) is 9.91. The quantitative estimate of drug-likeness (QED) is 0.811. The van der Waals surface area contributed by atoms with E-state index in [9.17, 15) is 0 Å². The molecule has 1 nitrogen and oxygen atoms in total. The van der Waals surface area contributed by atoms with Gasteiger partial charge in [0, 0.05) is 4.47 Å². The summed E-state index contributed by atoms with van der Waals surface area (Å²) < 4.78 is 1.06. The van der Waals surface area contributed by atoms with E-state index in [0.717, 1.165) is 22.2 Å². The molecule has 1 rings (SSSR count). The number of nitrogens with two attached hydrogens (primary N) is 1. The molecular formula is C10H12BrNS. The van der Waals surface area contributed by atoms with Gasteiger partial charge in [0.25, 0.3) is 0 Å². The number of hydrogen-bond acceptors (Lipinski definition) is 2. The molecule has 0 aromatic carbocycles. The van der Waals surface area contributed by atoms with Crippen molar-refractivity contribution in [2.45, 2.75) is 25.8 Å². The average molecular weight is 258 g/mol. The van der Waals surface area contributed by atoms with E-state index in [1.807, 2.05) is 11.4 Å². The molecule has 0 saturated heterocycles. The van der Waals surface area contributed by atoms with Crippen LogP contribution in [0.2, 0.25) is 0 Å². The molecule has 0 saturated carbocycles. The first-order chi connectivity index (χ1) is 6.24. The van der Waals surface area contributed by atoms with E-state index in [0.29, 0.717) is 0 Å². The van der Waals surface area contributed by atoms with E-state index in [1.54, 1.807) is 11.3 Å². The lowest BCUT2D eigenvalue weighted by molar-refractivity contribution is 0.720. The first kappa shape index (κ1) is 10.8. The maximum Gasteiger partial charge on any atom is 0.0910 e. The van der Waals surface area contributed by atoms with E-state index in [4.69, 9.17) is 5.73 Å². The first-order valence-corrected chi connectivity index (χ1v) is 5.91. The zero-order valence-electron chi connectivity index (χ0n) is 7.51. The van der Waals surface area contributed by atoms with Crippen LogP contribution in [0, 0.1) is 11.8 Å². The fourth-order valence-corrected chi connectivity index (χ4v) is 2.25. The van der Waals surface area contributed by atoms with Crippen LogP contribution < -0.4 is 5.73 Å². The van der Waals surface area contributed by atoms with Crippen LogP contribution in [0.5, 0.6) is 0 Å². The predicted molar refractivity (Wildman–Crippen MR) is 61.8 cm³/mol. The van der Waals surface area contributed by atoms with E-state index in [2.05, 4.69) is 34.7 Å². The van der Waals surface area contributed by atoms with Gasteiger partial charge in [-0.05, 0) is 33.8 Å². The monoisotopic (exact) mass is 257 g/mol. The highest BCUT2D eigenvalue weighted by Gasteiger charge is 1.97. The molecule has 1 aromatic rings. The van der Waals surface area contributed by atoms with Crippen molar-refractivity contribution in [3.63, 3.8) is 0 Å². The summed E-state index contributed by atoms with van der Waals surface area (Å²) in [5.74, 6) is 6.11. The highest BCUT2D eigenvalue weighted by molar-refractivity contribution is 9.10. The summed E-state index contributed by atoms with van der Waals surface area (Å²) in [6, 6.07) is 2.01. The van der Waals surface area contributed by atoms with Gasteiger partial charge in [-0.2, -0.15) is 0 Å². The van der Waals surface area contributed by atoms with Gasteiger partial charge < -0.3 is 5.73 Å². The molecule has 0 aliphatic carbocycles. The van der Waals surface area contributed by atoms with Crippen molar-refractivity contribution in [2.24, 2.45) is 5.73 Å². The Morgan fingerprint density at radius 1 is 1.69 bits per heavy atom. The number of rotatable bonds is 2. The summed E-state index contributed by atoms with van der Waals surface area (Å²) in [5, 5.41) is 2.01. The summed E-state index contributed by atoms with van der Waals surface area (Å²) in [7, 11) is 0. The lowest BCUT2D eigenvalue weighted by Gasteiger charge is -1.98. The Labute approximate surface area is 91.5 Å². The van der Waals surface area contributed by atoms with Gasteiger partial charge in [-0.1, -0.05) is 25.2 Å². The van der Waals surface area contributed by atoms with Crippen LogP contribution >= 0.6 is 27.3 Å². The molecule has 70 valence electrons. The molecular weight excluding hydrogens is 246 g/mol. The van der Waals surface area contributed by atoms with E-state index in [-0.39, 0.29) is 6.04 Å². The van der Waals surface area contributed by atoms with Gasteiger partial charge in [-0.3, -0.25) is 0 Å². The molecule has 1 unspecified atom stereocenters. The second-order valence-corrected chi connectivity index (χ2v) is 4.53. The zero-order chi connectivity index (χ0) is 9.68. The van der Waals surface area contributed by atoms with Crippen LogP contribution in [0.3, 0.4) is 0 Å². The third kappa shape index (κ3) is 3.51. The largest absolute Gasteiger partial charge is 0.318 e. The van der Waals surface area contributed by atoms with Crippen molar-refractivity contribution in [1.82, 2.24) is 0 Å². The summed E-state index contributed by atoms with van der Waals surface area (Å²) >= 11 is 5.06. The van der Waals surface area contributed by atoms with Crippen LogP contribution in [0.4, 0.5) is 0 Å². The third-order valence-electron chi connectivity index (χ3n) is 1.59. The molecule has 0 spiro atoms. The summed E-state index contributed by atoms with van der Waals surface area (Å²) in [6.45, 7) is 2.11.